The summed E-state index contributed by atoms with van der Waals surface area (Å²) in [7, 11) is 0. The van der Waals surface area contributed by atoms with Gasteiger partial charge in [0.1, 0.15) is 0 Å². The van der Waals surface area contributed by atoms with Crippen molar-refractivity contribution in [1.29, 1.82) is 0 Å². The van der Waals surface area contributed by atoms with Crippen molar-refractivity contribution in [2.24, 2.45) is 5.10 Å². The number of hydrogen-bond acceptors (Lipinski definition) is 7. The Balaban J connectivity index is 1.77. The van der Waals surface area contributed by atoms with Crippen molar-refractivity contribution < 1.29 is 19.2 Å². The lowest BCUT2D eigenvalue weighted by molar-refractivity contribution is -0.385. The van der Waals surface area contributed by atoms with Gasteiger partial charge in [0.2, 0.25) is 12.5 Å². The molecule has 9 heteroatoms. The molecule has 1 aromatic heterocycles. The van der Waals surface area contributed by atoms with E-state index in [0.29, 0.717) is 11.1 Å². The summed E-state index contributed by atoms with van der Waals surface area (Å²) in [6.07, 6.45) is 4.26. The number of hydrogen-bond donors (Lipinski definition) is 1. The van der Waals surface area contributed by atoms with Gasteiger partial charge in [0.15, 0.2) is 5.75 Å². The Kier molecular flexibility index (Phi) is 3.83. The van der Waals surface area contributed by atoms with Crippen LogP contribution >= 0.6 is 0 Å². The summed E-state index contributed by atoms with van der Waals surface area (Å²) in [5.74, 6) is -0.0621. The molecule has 1 amide bonds. The fourth-order valence-electron chi connectivity index (χ4n) is 1.96. The molecule has 1 N–H and O–H groups in total. The molecule has 0 atom stereocenters. The molecule has 116 valence electrons. The molecule has 1 aromatic carbocycles. The standard InChI is InChI=1S/C14H10N4O5/c19-14(10-1-3-15-4-2-10)17-16-7-9-5-11(18(20)21)13-12(6-9)22-8-23-13/h1-7H,8H2,(H,17,19). The van der Waals surface area contributed by atoms with Gasteiger partial charge in [0, 0.05) is 29.6 Å². The van der Waals surface area contributed by atoms with E-state index in [4.69, 9.17) is 9.47 Å². The minimum absolute atomic E-state index is 0.0739. The number of nitrogens with one attached hydrogen (secondary N) is 1. The average Bonchev–Trinajstić information content (AvgIpc) is 3.03. The van der Waals surface area contributed by atoms with Gasteiger partial charge >= 0.3 is 5.69 Å². The van der Waals surface area contributed by atoms with Crippen LogP contribution < -0.4 is 14.9 Å². The fourth-order valence-corrected chi connectivity index (χ4v) is 1.96. The Bertz CT molecular complexity index is 791. The number of hydrazone groups is 1. The largest absolute Gasteiger partial charge is 0.453 e. The molecule has 0 radical (unpaired) electrons. The van der Waals surface area contributed by atoms with Gasteiger partial charge in [0.05, 0.1) is 11.1 Å². The van der Waals surface area contributed by atoms with E-state index in [0.717, 1.165) is 0 Å². The van der Waals surface area contributed by atoms with E-state index in [1.54, 1.807) is 0 Å². The van der Waals surface area contributed by atoms with Crippen LogP contribution in [0, 0.1) is 10.1 Å². The van der Waals surface area contributed by atoms with E-state index < -0.39 is 10.8 Å². The normalized spacial score (nSPS) is 12.3. The third kappa shape index (κ3) is 3.07. The number of carbonyl (C=O) groups excluding carboxylic acids is 1. The van der Waals surface area contributed by atoms with Crippen molar-refractivity contribution in [2.75, 3.05) is 6.79 Å². The predicted molar refractivity (Wildman–Crippen MR) is 78.5 cm³/mol. The second-order valence-corrected chi connectivity index (χ2v) is 4.47. The first-order valence-electron chi connectivity index (χ1n) is 6.46. The first-order chi connectivity index (χ1) is 11.1. The van der Waals surface area contributed by atoms with E-state index >= 15 is 0 Å². The van der Waals surface area contributed by atoms with Gasteiger partial charge in [-0.3, -0.25) is 19.9 Å². The van der Waals surface area contributed by atoms with Gasteiger partial charge in [0.25, 0.3) is 5.91 Å². The third-order valence-electron chi connectivity index (χ3n) is 2.99. The summed E-state index contributed by atoms with van der Waals surface area (Å²) in [5.41, 5.74) is 2.90. The number of nitro benzene ring substituents is 1. The monoisotopic (exact) mass is 314 g/mol. The van der Waals surface area contributed by atoms with Gasteiger partial charge in [-0.05, 0) is 18.2 Å². The third-order valence-corrected chi connectivity index (χ3v) is 2.99. The molecule has 0 fully saturated rings. The summed E-state index contributed by atoms with van der Waals surface area (Å²) in [4.78, 5) is 26.1. The topological polar surface area (TPSA) is 116 Å². The highest BCUT2D eigenvalue weighted by atomic mass is 16.7. The molecule has 0 aliphatic carbocycles. The zero-order valence-electron chi connectivity index (χ0n) is 11.6. The Morgan fingerprint density at radius 1 is 1.35 bits per heavy atom. The van der Waals surface area contributed by atoms with Crippen molar-refractivity contribution >= 4 is 17.8 Å². The van der Waals surface area contributed by atoms with Crippen LogP contribution in [-0.2, 0) is 0 Å². The van der Waals surface area contributed by atoms with E-state index in [1.165, 1.54) is 42.9 Å². The Morgan fingerprint density at radius 2 is 2.13 bits per heavy atom. The van der Waals surface area contributed by atoms with Crippen LogP contribution in [0.1, 0.15) is 15.9 Å². The zero-order chi connectivity index (χ0) is 16.2. The molecule has 0 unspecified atom stereocenters. The van der Waals surface area contributed by atoms with Crippen molar-refractivity contribution in [2.45, 2.75) is 0 Å². The minimum Gasteiger partial charge on any atom is -0.453 e. The summed E-state index contributed by atoms with van der Waals surface area (Å²) >= 11 is 0. The molecule has 3 rings (SSSR count). The number of carbonyl (C=O) groups is 1. The number of nitro groups is 1. The maximum Gasteiger partial charge on any atom is 0.315 e. The number of ether oxygens (including phenoxy) is 2. The minimum atomic E-state index is -0.569. The Hall–Kier alpha value is -3.49. The Labute approximate surface area is 129 Å². The van der Waals surface area contributed by atoms with E-state index in [1.807, 2.05) is 0 Å². The summed E-state index contributed by atoms with van der Waals surface area (Å²) in [6, 6.07) is 5.90. The zero-order valence-corrected chi connectivity index (χ0v) is 11.6. The van der Waals surface area contributed by atoms with Crippen LogP contribution in [0.5, 0.6) is 11.5 Å². The molecule has 0 saturated heterocycles. The van der Waals surface area contributed by atoms with E-state index in [9.17, 15) is 14.9 Å². The van der Waals surface area contributed by atoms with E-state index in [-0.39, 0.29) is 24.0 Å². The van der Waals surface area contributed by atoms with Gasteiger partial charge in [-0.15, -0.1) is 0 Å². The summed E-state index contributed by atoms with van der Waals surface area (Å²) in [6.45, 7) is -0.0739. The fraction of sp³-hybridized carbons (Fsp3) is 0.0714. The second-order valence-electron chi connectivity index (χ2n) is 4.47. The van der Waals surface area contributed by atoms with Crippen LogP contribution in [0.2, 0.25) is 0 Å². The summed E-state index contributed by atoms with van der Waals surface area (Å²) < 4.78 is 10.2. The molecule has 0 saturated carbocycles. The number of benzene rings is 1. The molecule has 2 heterocycles. The number of nitrogens with zero attached hydrogens (tertiary/aromatic N) is 3. The van der Waals surface area contributed by atoms with Crippen molar-refractivity contribution in [1.82, 2.24) is 10.4 Å². The highest BCUT2D eigenvalue weighted by Gasteiger charge is 2.26. The van der Waals surface area contributed by atoms with Crippen LogP contribution in [0.25, 0.3) is 0 Å². The van der Waals surface area contributed by atoms with Gasteiger partial charge in [-0.2, -0.15) is 5.10 Å². The van der Waals surface area contributed by atoms with Crippen molar-refractivity contribution in [3.05, 3.63) is 57.9 Å². The molecular weight excluding hydrogens is 304 g/mol. The molecule has 9 nitrogen and oxygen atoms in total. The maximum absolute atomic E-state index is 11.8. The van der Waals surface area contributed by atoms with Crippen LogP contribution in [0.3, 0.4) is 0 Å². The molecule has 2 aromatic rings. The van der Waals surface area contributed by atoms with Crippen LogP contribution in [-0.4, -0.2) is 28.8 Å². The van der Waals surface area contributed by atoms with Gasteiger partial charge in [-0.1, -0.05) is 0 Å². The Morgan fingerprint density at radius 3 is 2.87 bits per heavy atom. The maximum atomic E-state index is 11.8. The predicted octanol–water partition coefficient (Wildman–Crippen LogP) is 1.48. The van der Waals surface area contributed by atoms with Gasteiger partial charge < -0.3 is 9.47 Å². The van der Waals surface area contributed by atoms with Crippen molar-refractivity contribution in [3.8, 4) is 11.5 Å². The van der Waals surface area contributed by atoms with Crippen molar-refractivity contribution in [3.63, 3.8) is 0 Å². The molecule has 1 aliphatic heterocycles. The molecule has 0 spiro atoms. The molecule has 0 bridgehead atoms. The SMILES string of the molecule is O=C(NN=Cc1cc2c(c([N+](=O)[O-])c1)OCO2)c1ccncc1. The number of aromatic nitrogens is 1. The lowest BCUT2D eigenvalue weighted by atomic mass is 10.2. The molecule has 23 heavy (non-hydrogen) atoms. The quantitative estimate of drug-likeness (QED) is 0.519. The average molecular weight is 314 g/mol. The number of amides is 1. The van der Waals surface area contributed by atoms with Crippen LogP contribution in [0.4, 0.5) is 5.69 Å². The lowest BCUT2D eigenvalue weighted by Gasteiger charge is -2.01. The summed E-state index contributed by atoms with van der Waals surface area (Å²) in [5, 5.41) is 14.8. The molecular formula is C14H10N4O5. The highest BCUT2D eigenvalue weighted by molar-refractivity contribution is 5.94. The first kappa shape index (κ1) is 14.4. The highest BCUT2D eigenvalue weighted by Crippen LogP contribution is 2.41. The number of rotatable bonds is 4. The van der Waals surface area contributed by atoms with Crippen LogP contribution in [0.15, 0.2) is 41.8 Å². The molecule has 1 aliphatic rings. The lowest BCUT2D eigenvalue weighted by Crippen LogP contribution is -2.17. The number of pyridine rings is 1. The number of fused-ring (bicyclic) bond motifs is 1. The smallest absolute Gasteiger partial charge is 0.315 e. The first-order valence-corrected chi connectivity index (χ1v) is 6.46. The second kappa shape index (κ2) is 6.10. The van der Waals surface area contributed by atoms with E-state index in [2.05, 4.69) is 15.5 Å². The van der Waals surface area contributed by atoms with Gasteiger partial charge in [-0.25, -0.2) is 5.43 Å².